The number of benzene rings is 1. The first-order chi connectivity index (χ1) is 11.3. The van der Waals surface area contributed by atoms with E-state index in [4.69, 9.17) is 5.11 Å². The van der Waals surface area contributed by atoms with Crippen LogP contribution < -0.4 is 0 Å². The molecule has 0 aliphatic carbocycles. The van der Waals surface area contributed by atoms with E-state index in [0.717, 1.165) is 6.42 Å². The van der Waals surface area contributed by atoms with E-state index in [2.05, 4.69) is 0 Å². The summed E-state index contributed by atoms with van der Waals surface area (Å²) < 4.78 is 0. The predicted molar refractivity (Wildman–Crippen MR) is 90.4 cm³/mol. The van der Waals surface area contributed by atoms with Gasteiger partial charge in [-0.1, -0.05) is 13.8 Å². The summed E-state index contributed by atoms with van der Waals surface area (Å²) in [5.41, 5.74) is 0.139. The van der Waals surface area contributed by atoms with Crippen molar-refractivity contribution in [1.29, 1.82) is 0 Å². The molecule has 8 heteroatoms. The van der Waals surface area contributed by atoms with Crippen molar-refractivity contribution in [3.05, 3.63) is 33.9 Å². The molecule has 1 aliphatic heterocycles. The zero-order valence-electron chi connectivity index (χ0n) is 13.6. The van der Waals surface area contributed by atoms with Gasteiger partial charge in [0.25, 0.3) is 11.6 Å². The minimum atomic E-state index is -0.949. The molecule has 1 amide bonds. The SMILES string of the molecule is CC(C)Sc1ccc([N+](=O)[O-])cc1C(=O)N1CCCC1CC(=O)O. The number of amides is 1. The Hall–Kier alpha value is -2.09. The Morgan fingerprint density at radius 1 is 1.46 bits per heavy atom. The largest absolute Gasteiger partial charge is 0.481 e. The zero-order valence-corrected chi connectivity index (χ0v) is 14.4. The second-order valence-electron chi connectivity index (χ2n) is 6.00. The van der Waals surface area contributed by atoms with Crippen molar-refractivity contribution in [2.75, 3.05) is 6.54 Å². The first kappa shape index (κ1) is 18.3. The minimum absolute atomic E-state index is 0.104. The average Bonchev–Trinajstić information content (AvgIpc) is 2.93. The van der Waals surface area contributed by atoms with Gasteiger partial charge in [-0.05, 0) is 18.9 Å². The number of aliphatic carboxylic acids is 1. The first-order valence-electron chi connectivity index (χ1n) is 7.77. The predicted octanol–water partition coefficient (Wildman–Crippen LogP) is 3.17. The molecule has 0 spiro atoms. The summed E-state index contributed by atoms with van der Waals surface area (Å²) in [5.74, 6) is -1.28. The number of carbonyl (C=O) groups excluding carboxylic acids is 1. The summed E-state index contributed by atoms with van der Waals surface area (Å²) in [6, 6.07) is 3.92. The van der Waals surface area contributed by atoms with Gasteiger partial charge >= 0.3 is 5.97 Å². The van der Waals surface area contributed by atoms with E-state index in [1.165, 1.54) is 28.8 Å². The molecule has 130 valence electrons. The van der Waals surface area contributed by atoms with Crippen molar-refractivity contribution in [3.63, 3.8) is 0 Å². The van der Waals surface area contributed by atoms with Crippen LogP contribution in [0.15, 0.2) is 23.1 Å². The van der Waals surface area contributed by atoms with Crippen LogP contribution in [0.3, 0.4) is 0 Å². The molecule has 7 nitrogen and oxygen atoms in total. The summed E-state index contributed by atoms with van der Waals surface area (Å²) in [7, 11) is 0. The summed E-state index contributed by atoms with van der Waals surface area (Å²) in [6.45, 7) is 4.43. The van der Waals surface area contributed by atoms with Crippen LogP contribution in [-0.2, 0) is 4.79 Å². The maximum atomic E-state index is 12.9. The van der Waals surface area contributed by atoms with Crippen LogP contribution in [-0.4, -0.2) is 44.6 Å². The highest BCUT2D eigenvalue weighted by Gasteiger charge is 2.32. The van der Waals surface area contributed by atoms with Gasteiger partial charge in [-0.15, -0.1) is 11.8 Å². The smallest absolute Gasteiger partial charge is 0.305 e. The maximum Gasteiger partial charge on any atom is 0.305 e. The molecule has 0 saturated carbocycles. The fraction of sp³-hybridized carbons (Fsp3) is 0.500. The topological polar surface area (TPSA) is 101 Å². The maximum absolute atomic E-state index is 12.9. The Labute approximate surface area is 144 Å². The van der Waals surface area contributed by atoms with E-state index in [1.54, 1.807) is 6.07 Å². The van der Waals surface area contributed by atoms with Gasteiger partial charge in [-0.3, -0.25) is 19.7 Å². The molecule has 2 rings (SSSR count). The molecule has 24 heavy (non-hydrogen) atoms. The molecule has 1 saturated heterocycles. The second-order valence-corrected chi connectivity index (χ2v) is 7.61. The Balaban J connectivity index is 2.36. The van der Waals surface area contributed by atoms with Crippen molar-refractivity contribution in [2.45, 2.75) is 49.3 Å². The fourth-order valence-corrected chi connectivity index (χ4v) is 3.75. The third-order valence-electron chi connectivity index (χ3n) is 3.82. The Morgan fingerprint density at radius 2 is 2.17 bits per heavy atom. The van der Waals surface area contributed by atoms with Crippen molar-refractivity contribution >= 4 is 29.3 Å². The van der Waals surface area contributed by atoms with Gasteiger partial charge in [0.2, 0.25) is 0 Å². The number of non-ortho nitro benzene ring substituents is 1. The normalized spacial score (nSPS) is 17.3. The van der Waals surface area contributed by atoms with Gasteiger partial charge in [-0.25, -0.2) is 0 Å². The Morgan fingerprint density at radius 3 is 2.75 bits per heavy atom. The van der Waals surface area contributed by atoms with Gasteiger partial charge in [0, 0.05) is 34.9 Å². The lowest BCUT2D eigenvalue weighted by atomic mass is 10.1. The van der Waals surface area contributed by atoms with Crippen LogP contribution in [0, 0.1) is 10.1 Å². The van der Waals surface area contributed by atoms with Crippen molar-refractivity contribution < 1.29 is 19.6 Å². The van der Waals surface area contributed by atoms with Crippen LogP contribution in [0.5, 0.6) is 0 Å². The number of nitro benzene ring substituents is 1. The van der Waals surface area contributed by atoms with Gasteiger partial charge in [0.1, 0.15) is 0 Å². The Kier molecular flexibility index (Phi) is 5.82. The van der Waals surface area contributed by atoms with Gasteiger partial charge in [-0.2, -0.15) is 0 Å². The number of hydrogen-bond acceptors (Lipinski definition) is 5. The second kappa shape index (κ2) is 7.65. The fourth-order valence-electron chi connectivity index (χ4n) is 2.83. The van der Waals surface area contributed by atoms with E-state index < -0.39 is 10.9 Å². The van der Waals surface area contributed by atoms with Crippen LogP contribution in [0.4, 0.5) is 5.69 Å². The quantitative estimate of drug-likeness (QED) is 0.479. The highest BCUT2D eigenvalue weighted by molar-refractivity contribution is 8.00. The summed E-state index contributed by atoms with van der Waals surface area (Å²) in [5, 5.41) is 20.3. The number of nitro groups is 1. The standard InChI is InChI=1S/C16H20N2O5S/c1-10(2)24-14-6-5-12(18(22)23)8-13(14)16(21)17-7-3-4-11(17)9-15(19)20/h5-6,8,10-11H,3-4,7,9H2,1-2H3,(H,19,20). The molecule has 1 atom stereocenters. The number of nitrogens with zero attached hydrogens (tertiary/aromatic N) is 2. The molecule has 1 heterocycles. The summed E-state index contributed by atoms with van der Waals surface area (Å²) >= 11 is 1.46. The third kappa shape index (κ3) is 4.25. The lowest BCUT2D eigenvalue weighted by molar-refractivity contribution is -0.384. The number of carbonyl (C=O) groups is 2. The van der Waals surface area contributed by atoms with Crippen molar-refractivity contribution in [1.82, 2.24) is 4.90 Å². The van der Waals surface area contributed by atoms with Crippen LogP contribution >= 0.6 is 11.8 Å². The molecule has 1 aromatic rings. The number of carboxylic acid groups (broad SMARTS) is 1. The molecular weight excluding hydrogens is 332 g/mol. The molecule has 0 radical (unpaired) electrons. The number of hydrogen-bond donors (Lipinski definition) is 1. The monoisotopic (exact) mass is 352 g/mol. The van der Waals surface area contributed by atoms with E-state index >= 15 is 0 Å². The van der Waals surface area contributed by atoms with E-state index in [9.17, 15) is 19.7 Å². The summed E-state index contributed by atoms with van der Waals surface area (Å²) in [6.07, 6.45) is 1.28. The molecule has 0 aromatic heterocycles. The molecular formula is C16H20N2O5S. The van der Waals surface area contributed by atoms with Crippen LogP contribution in [0.2, 0.25) is 0 Å². The molecule has 1 N–H and O–H groups in total. The van der Waals surface area contributed by atoms with E-state index in [-0.39, 0.29) is 34.9 Å². The lowest BCUT2D eigenvalue weighted by Gasteiger charge is -2.24. The lowest BCUT2D eigenvalue weighted by Crippen LogP contribution is -2.37. The molecule has 1 unspecified atom stereocenters. The van der Waals surface area contributed by atoms with Crippen LogP contribution in [0.1, 0.15) is 43.5 Å². The van der Waals surface area contributed by atoms with E-state index in [0.29, 0.717) is 17.9 Å². The molecule has 1 fully saturated rings. The summed E-state index contributed by atoms with van der Waals surface area (Å²) in [4.78, 5) is 36.6. The van der Waals surface area contributed by atoms with Crippen molar-refractivity contribution in [3.8, 4) is 0 Å². The van der Waals surface area contributed by atoms with Crippen molar-refractivity contribution in [2.24, 2.45) is 0 Å². The van der Waals surface area contributed by atoms with E-state index in [1.807, 2.05) is 13.8 Å². The minimum Gasteiger partial charge on any atom is -0.481 e. The number of carboxylic acids is 1. The Bertz CT molecular complexity index is 662. The zero-order chi connectivity index (χ0) is 17.9. The van der Waals surface area contributed by atoms with Crippen LogP contribution in [0.25, 0.3) is 0 Å². The van der Waals surface area contributed by atoms with Gasteiger partial charge < -0.3 is 10.0 Å². The average molecular weight is 352 g/mol. The first-order valence-corrected chi connectivity index (χ1v) is 8.65. The highest BCUT2D eigenvalue weighted by atomic mass is 32.2. The number of rotatable bonds is 6. The number of likely N-dealkylation sites (tertiary alicyclic amines) is 1. The molecule has 1 aromatic carbocycles. The number of thioether (sulfide) groups is 1. The third-order valence-corrected chi connectivity index (χ3v) is 4.90. The van der Waals surface area contributed by atoms with Gasteiger partial charge in [0.05, 0.1) is 16.9 Å². The molecule has 0 bridgehead atoms. The molecule has 1 aliphatic rings. The van der Waals surface area contributed by atoms with Gasteiger partial charge in [0.15, 0.2) is 0 Å². The highest BCUT2D eigenvalue weighted by Crippen LogP contribution is 2.32.